The Balaban J connectivity index is 1.60. The van der Waals surface area contributed by atoms with Crippen molar-refractivity contribution in [2.45, 2.75) is 0 Å². The molecule has 2 saturated heterocycles. The van der Waals surface area contributed by atoms with E-state index in [9.17, 15) is 9.59 Å². The summed E-state index contributed by atoms with van der Waals surface area (Å²) in [5, 5.41) is 0. The molecular formula is C15H21N3O3. The zero-order chi connectivity index (χ0) is 15.0. The number of carbonyl (C=O) groups is 2. The molecule has 0 saturated carbocycles. The van der Waals surface area contributed by atoms with Crippen molar-refractivity contribution in [3.8, 4) is 0 Å². The van der Waals surface area contributed by atoms with Crippen molar-refractivity contribution in [3.05, 3.63) is 24.2 Å². The number of hydrogen-bond donors (Lipinski definition) is 0. The van der Waals surface area contributed by atoms with Crippen LogP contribution in [0.25, 0.3) is 0 Å². The molecule has 114 valence electrons. The Kier molecular flexibility index (Phi) is 3.71. The maximum atomic E-state index is 12.4. The summed E-state index contributed by atoms with van der Waals surface area (Å²) in [5.41, 5.74) is 0. The van der Waals surface area contributed by atoms with Crippen molar-refractivity contribution in [2.75, 3.05) is 46.8 Å². The van der Waals surface area contributed by atoms with E-state index in [0.29, 0.717) is 18.8 Å². The number of carbonyl (C=O) groups excluding carboxylic acids is 2. The molecule has 21 heavy (non-hydrogen) atoms. The van der Waals surface area contributed by atoms with E-state index in [0.717, 1.165) is 19.6 Å². The summed E-state index contributed by atoms with van der Waals surface area (Å²) in [7, 11) is 4.01. The molecule has 2 fully saturated rings. The van der Waals surface area contributed by atoms with Gasteiger partial charge >= 0.3 is 0 Å². The minimum atomic E-state index is -0.109. The Morgan fingerprint density at radius 3 is 2.81 bits per heavy atom. The molecule has 6 heteroatoms. The Bertz CT molecular complexity index is 526. The van der Waals surface area contributed by atoms with Gasteiger partial charge in [0.1, 0.15) is 0 Å². The lowest BCUT2D eigenvalue weighted by Gasteiger charge is -2.22. The predicted molar refractivity (Wildman–Crippen MR) is 76.7 cm³/mol. The molecule has 2 atom stereocenters. The van der Waals surface area contributed by atoms with Gasteiger partial charge in [-0.1, -0.05) is 0 Å². The third-order valence-electron chi connectivity index (χ3n) is 4.36. The predicted octanol–water partition coefficient (Wildman–Crippen LogP) is 0.372. The number of rotatable bonds is 4. The van der Waals surface area contributed by atoms with Crippen LogP contribution in [-0.4, -0.2) is 73.3 Å². The van der Waals surface area contributed by atoms with Crippen molar-refractivity contribution in [3.63, 3.8) is 0 Å². The van der Waals surface area contributed by atoms with Gasteiger partial charge in [0, 0.05) is 38.6 Å². The van der Waals surface area contributed by atoms with Gasteiger partial charge in [-0.2, -0.15) is 0 Å². The zero-order valence-electron chi connectivity index (χ0n) is 12.5. The third kappa shape index (κ3) is 2.68. The average Bonchev–Trinajstić information content (AvgIpc) is 3.14. The first-order valence-electron chi connectivity index (χ1n) is 7.32. The van der Waals surface area contributed by atoms with Crippen molar-refractivity contribution in [1.82, 2.24) is 14.7 Å². The molecule has 0 N–H and O–H groups in total. The second-order valence-corrected chi connectivity index (χ2v) is 6.14. The number of amides is 2. The van der Waals surface area contributed by atoms with Crippen molar-refractivity contribution < 1.29 is 14.0 Å². The van der Waals surface area contributed by atoms with Crippen LogP contribution in [0, 0.1) is 11.8 Å². The Hall–Kier alpha value is -1.82. The number of fused-ring (bicyclic) bond motifs is 1. The zero-order valence-corrected chi connectivity index (χ0v) is 12.5. The SMILES string of the molecule is CN(C)CCN1C[C@@H]2CN(C(=O)c3ccco3)C[C@@H]2C1=O. The first kappa shape index (κ1) is 14.1. The Morgan fingerprint density at radius 2 is 2.19 bits per heavy atom. The van der Waals surface area contributed by atoms with Gasteiger partial charge in [0.15, 0.2) is 5.76 Å². The average molecular weight is 291 g/mol. The number of furan rings is 1. The van der Waals surface area contributed by atoms with Gasteiger partial charge in [-0.15, -0.1) is 0 Å². The van der Waals surface area contributed by atoms with Crippen molar-refractivity contribution in [1.29, 1.82) is 0 Å². The molecule has 0 aliphatic carbocycles. The molecule has 1 aromatic heterocycles. The van der Waals surface area contributed by atoms with Gasteiger partial charge in [0.25, 0.3) is 5.91 Å². The van der Waals surface area contributed by atoms with Crippen molar-refractivity contribution >= 4 is 11.8 Å². The second-order valence-electron chi connectivity index (χ2n) is 6.14. The molecular weight excluding hydrogens is 270 g/mol. The molecule has 3 rings (SSSR count). The van der Waals surface area contributed by atoms with Gasteiger partial charge in [0.05, 0.1) is 12.2 Å². The van der Waals surface area contributed by atoms with E-state index >= 15 is 0 Å². The molecule has 0 spiro atoms. The summed E-state index contributed by atoms with van der Waals surface area (Å²) >= 11 is 0. The van der Waals surface area contributed by atoms with Crippen molar-refractivity contribution in [2.24, 2.45) is 11.8 Å². The highest BCUT2D eigenvalue weighted by Gasteiger charge is 2.47. The lowest BCUT2D eigenvalue weighted by atomic mass is 10.0. The van der Waals surface area contributed by atoms with Crippen LogP contribution in [0.4, 0.5) is 0 Å². The third-order valence-corrected chi connectivity index (χ3v) is 4.36. The molecule has 2 aliphatic heterocycles. The molecule has 3 heterocycles. The molecule has 2 aliphatic rings. The molecule has 0 radical (unpaired) electrons. The van der Waals surface area contributed by atoms with Crippen LogP contribution >= 0.6 is 0 Å². The molecule has 6 nitrogen and oxygen atoms in total. The van der Waals surface area contributed by atoms with Crippen LogP contribution in [-0.2, 0) is 4.79 Å². The summed E-state index contributed by atoms with van der Waals surface area (Å²) < 4.78 is 5.15. The Morgan fingerprint density at radius 1 is 1.38 bits per heavy atom. The van der Waals surface area contributed by atoms with E-state index < -0.39 is 0 Å². The highest BCUT2D eigenvalue weighted by molar-refractivity contribution is 5.93. The number of likely N-dealkylation sites (N-methyl/N-ethyl adjacent to an activating group) is 1. The van der Waals surface area contributed by atoms with E-state index in [1.165, 1.54) is 6.26 Å². The topological polar surface area (TPSA) is 57.0 Å². The molecule has 0 aromatic carbocycles. The molecule has 2 amide bonds. The van der Waals surface area contributed by atoms with Gasteiger partial charge in [0.2, 0.25) is 5.91 Å². The number of hydrogen-bond acceptors (Lipinski definition) is 4. The molecule has 0 unspecified atom stereocenters. The normalized spacial score (nSPS) is 25.0. The minimum Gasteiger partial charge on any atom is -0.459 e. The second kappa shape index (κ2) is 5.52. The van der Waals surface area contributed by atoms with E-state index in [1.54, 1.807) is 17.0 Å². The summed E-state index contributed by atoms with van der Waals surface area (Å²) in [6.45, 7) is 3.57. The number of likely N-dealkylation sites (tertiary alicyclic amines) is 2. The lowest BCUT2D eigenvalue weighted by molar-refractivity contribution is -0.131. The van der Waals surface area contributed by atoms with Crippen LogP contribution in [0.15, 0.2) is 22.8 Å². The lowest BCUT2D eigenvalue weighted by Crippen LogP contribution is -2.38. The summed E-state index contributed by atoms with van der Waals surface area (Å²) in [6, 6.07) is 3.37. The Labute approximate surface area is 124 Å². The fourth-order valence-corrected chi connectivity index (χ4v) is 3.19. The summed E-state index contributed by atoms with van der Waals surface area (Å²) in [4.78, 5) is 30.4. The van der Waals surface area contributed by atoms with E-state index in [4.69, 9.17) is 4.42 Å². The van der Waals surface area contributed by atoms with Crippen LogP contribution < -0.4 is 0 Å². The molecule has 1 aromatic rings. The quantitative estimate of drug-likeness (QED) is 0.804. The van der Waals surface area contributed by atoms with Crippen LogP contribution in [0.5, 0.6) is 0 Å². The van der Waals surface area contributed by atoms with Gasteiger partial charge in [-0.25, -0.2) is 0 Å². The highest BCUT2D eigenvalue weighted by Crippen LogP contribution is 2.32. The first-order chi connectivity index (χ1) is 10.1. The van der Waals surface area contributed by atoms with Gasteiger partial charge < -0.3 is 19.1 Å². The van der Waals surface area contributed by atoms with E-state index in [1.807, 2.05) is 19.0 Å². The standard InChI is InChI=1S/C15H21N3O3/c1-16(2)5-6-17-8-11-9-18(10-12(11)14(17)19)15(20)13-4-3-7-21-13/h3-4,7,11-12H,5-6,8-10H2,1-2H3/t11-,12+/m1/s1. The van der Waals surface area contributed by atoms with Crippen LogP contribution in [0.2, 0.25) is 0 Å². The smallest absolute Gasteiger partial charge is 0.289 e. The maximum absolute atomic E-state index is 12.4. The fraction of sp³-hybridized carbons (Fsp3) is 0.600. The van der Waals surface area contributed by atoms with Crippen LogP contribution in [0.3, 0.4) is 0 Å². The summed E-state index contributed by atoms with van der Waals surface area (Å²) in [6.07, 6.45) is 1.50. The largest absolute Gasteiger partial charge is 0.459 e. The van der Waals surface area contributed by atoms with Crippen LogP contribution in [0.1, 0.15) is 10.6 Å². The summed E-state index contributed by atoms with van der Waals surface area (Å²) in [5.74, 6) is 0.662. The minimum absolute atomic E-state index is 0.0360. The maximum Gasteiger partial charge on any atom is 0.289 e. The fourth-order valence-electron chi connectivity index (χ4n) is 3.19. The first-order valence-corrected chi connectivity index (χ1v) is 7.32. The highest BCUT2D eigenvalue weighted by atomic mass is 16.3. The van der Waals surface area contributed by atoms with Gasteiger partial charge in [-0.05, 0) is 26.2 Å². The monoisotopic (exact) mass is 291 g/mol. The van der Waals surface area contributed by atoms with E-state index in [-0.39, 0.29) is 23.7 Å². The van der Waals surface area contributed by atoms with Gasteiger partial charge in [-0.3, -0.25) is 9.59 Å². The molecule has 0 bridgehead atoms. The number of nitrogens with zero attached hydrogens (tertiary/aromatic N) is 3. The van der Waals surface area contributed by atoms with E-state index in [2.05, 4.69) is 4.90 Å².